The van der Waals surface area contributed by atoms with Crippen molar-refractivity contribution in [1.29, 1.82) is 0 Å². The van der Waals surface area contributed by atoms with Crippen LogP contribution in [0, 0.1) is 13.8 Å². The van der Waals surface area contributed by atoms with E-state index >= 15 is 0 Å². The quantitative estimate of drug-likeness (QED) is 0.580. The largest absolute Gasteiger partial charge is 0.358 e. The van der Waals surface area contributed by atoms with Crippen LogP contribution in [-0.4, -0.2) is 0 Å². The second kappa shape index (κ2) is 7.78. The van der Waals surface area contributed by atoms with Crippen LogP contribution in [0.15, 0.2) is 66.9 Å². The van der Waals surface area contributed by atoms with Crippen LogP contribution in [-0.2, 0) is 6.42 Å². The molecule has 26 heavy (non-hydrogen) atoms. The molecule has 0 aliphatic carbocycles. The van der Waals surface area contributed by atoms with Crippen LogP contribution in [0.25, 0.3) is 5.57 Å². The van der Waals surface area contributed by atoms with Gasteiger partial charge in [-0.25, -0.2) is 0 Å². The predicted octanol–water partition coefficient (Wildman–Crippen LogP) is 6.94. The summed E-state index contributed by atoms with van der Waals surface area (Å²) in [7, 11) is 0. The van der Waals surface area contributed by atoms with E-state index in [4.69, 9.17) is 0 Å². The number of fused-ring (bicyclic) bond motifs is 1. The highest BCUT2D eigenvalue weighted by Crippen LogP contribution is 2.42. The third kappa shape index (κ3) is 3.53. The zero-order chi connectivity index (χ0) is 18.7. The average Bonchev–Trinajstić information content (AvgIpc) is 2.97. The zero-order valence-corrected chi connectivity index (χ0v) is 16.4. The minimum atomic E-state index is 0.425. The van der Waals surface area contributed by atoms with E-state index in [1.807, 2.05) is 6.08 Å². The first-order valence-corrected chi connectivity index (χ1v) is 9.59. The standard InChI is InChI=1S/C25H29N/c1-6-9-20(23-14-17(4)10-12-19(23)7-2)16-25-21(8-3)22-13-11-18(5)15-24(22)26-25/h6,9-16,21,26H,1,7-8H2,2-5H3/b20-9-,25-16+. The van der Waals surface area contributed by atoms with Gasteiger partial charge in [-0.3, -0.25) is 0 Å². The molecule has 1 aliphatic heterocycles. The Balaban J connectivity index is 2.07. The van der Waals surface area contributed by atoms with E-state index in [1.54, 1.807) is 0 Å². The van der Waals surface area contributed by atoms with Crippen molar-refractivity contribution < 1.29 is 0 Å². The Hall–Kier alpha value is -2.54. The van der Waals surface area contributed by atoms with Crippen LogP contribution >= 0.6 is 0 Å². The molecule has 0 aromatic heterocycles. The molecular weight excluding hydrogens is 314 g/mol. The Morgan fingerprint density at radius 3 is 2.50 bits per heavy atom. The summed E-state index contributed by atoms with van der Waals surface area (Å²) in [6.45, 7) is 12.7. The number of rotatable bonds is 5. The van der Waals surface area contributed by atoms with Gasteiger partial charge in [-0.1, -0.05) is 68.5 Å². The molecule has 1 aliphatic rings. The maximum Gasteiger partial charge on any atom is 0.0424 e. The predicted molar refractivity (Wildman–Crippen MR) is 115 cm³/mol. The molecule has 0 radical (unpaired) electrons. The summed E-state index contributed by atoms with van der Waals surface area (Å²) in [4.78, 5) is 0. The minimum absolute atomic E-state index is 0.425. The highest BCUT2D eigenvalue weighted by atomic mass is 14.9. The highest BCUT2D eigenvalue weighted by molar-refractivity contribution is 5.80. The van der Waals surface area contributed by atoms with Crippen molar-refractivity contribution in [2.24, 2.45) is 0 Å². The summed E-state index contributed by atoms with van der Waals surface area (Å²) in [6.07, 6.45) is 8.45. The number of nitrogens with one attached hydrogen (secondary N) is 1. The van der Waals surface area contributed by atoms with Gasteiger partial charge in [0.05, 0.1) is 0 Å². The van der Waals surface area contributed by atoms with Crippen molar-refractivity contribution in [3.05, 3.63) is 94.7 Å². The Morgan fingerprint density at radius 2 is 1.81 bits per heavy atom. The van der Waals surface area contributed by atoms with Gasteiger partial charge in [-0.2, -0.15) is 0 Å². The van der Waals surface area contributed by atoms with Gasteiger partial charge in [-0.05, 0) is 66.7 Å². The fourth-order valence-electron chi connectivity index (χ4n) is 3.85. The molecule has 2 aromatic carbocycles. The van der Waals surface area contributed by atoms with Gasteiger partial charge in [0.2, 0.25) is 0 Å². The molecule has 1 N–H and O–H groups in total. The third-order valence-electron chi connectivity index (χ3n) is 5.21. The number of hydrogen-bond donors (Lipinski definition) is 1. The van der Waals surface area contributed by atoms with Crippen molar-refractivity contribution >= 4 is 11.3 Å². The summed E-state index contributed by atoms with van der Waals surface area (Å²) >= 11 is 0. The molecule has 0 amide bonds. The van der Waals surface area contributed by atoms with E-state index in [1.165, 1.54) is 44.8 Å². The highest BCUT2D eigenvalue weighted by Gasteiger charge is 2.26. The van der Waals surface area contributed by atoms with E-state index in [0.29, 0.717) is 5.92 Å². The SMILES string of the molecule is C=C/C=C(/C=C1/Nc2cc(C)ccc2C1CC)c1cc(C)ccc1CC. The molecule has 1 heterocycles. The van der Waals surface area contributed by atoms with Crippen molar-refractivity contribution in [2.75, 3.05) is 5.32 Å². The Labute approximate surface area is 158 Å². The minimum Gasteiger partial charge on any atom is -0.358 e. The molecule has 0 saturated carbocycles. The number of allylic oxidation sites excluding steroid dienone is 5. The smallest absolute Gasteiger partial charge is 0.0424 e. The van der Waals surface area contributed by atoms with Gasteiger partial charge in [0.25, 0.3) is 0 Å². The Kier molecular flexibility index (Phi) is 5.46. The lowest BCUT2D eigenvalue weighted by Gasteiger charge is -2.14. The molecule has 0 saturated heterocycles. The summed E-state index contributed by atoms with van der Waals surface area (Å²) < 4.78 is 0. The lowest BCUT2D eigenvalue weighted by Crippen LogP contribution is -2.01. The molecule has 1 unspecified atom stereocenters. The van der Waals surface area contributed by atoms with Crippen LogP contribution < -0.4 is 5.32 Å². The normalized spacial score (nSPS) is 17.9. The zero-order valence-electron chi connectivity index (χ0n) is 16.4. The first kappa shape index (κ1) is 18.3. The summed E-state index contributed by atoms with van der Waals surface area (Å²) in [5.41, 5.74) is 10.4. The average molecular weight is 344 g/mol. The van der Waals surface area contributed by atoms with Gasteiger partial charge in [-0.15, -0.1) is 0 Å². The lowest BCUT2D eigenvalue weighted by atomic mass is 9.91. The molecule has 1 atom stereocenters. The Morgan fingerprint density at radius 1 is 1.08 bits per heavy atom. The van der Waals surface area contributed by atoms with Gasteiger partial charge < -0.3 is 5.32 Å². The molecule has 2 aromatic rings. The molecule has 3 rings (SSSR count). The first-order chi connectivity index (χ1) is 12.6. The summed E-state index contributed by atoms with van der Waals surface area (Å²) in [6, 6.07) is 13.5. The topological polar surface area (TPSA) is 12.0 Å². The maximum absolute atomic E-state index is 3.94. The number of aryl methyl sites for hydroxylation is 3. The van der Waals surface area contributed by atoms with Crippen molar-refractivity contribution in [2.45, 2.75) is 46.5 Å². The van der Waals surface area contributed by atoms with Crippen molar-refractivity contribution in [3.63, 3.8) is 0 Å². The van der Waals surface area contributed by atoms with E-state index < -0.39 is 0 Å². The van der Waals surface area contributed by atoms with Crippen molar-refractivity contribution in [1.82, 2.24) is 0 Å². The fraction of sp³-hybridized carbons (Fsp3) is 0.280. The number of anilines is 1. The Bertz CT molecular complexity index is 883. The first-order valence-electron chi connectivity index (χ1n) is 9.59. The van der Waals surface area contributed by atoms with Crippen LogP contribution in [0.4, 0.5) is 5.69 Å². The molecule has 134 valence electrons. The fourth-order valence-corrected chi connectivity index (χ4v) is 3.85. The third-order valence-corrected chi connectivity index (χ3v) is 5.21. The van der Waals surface area contributed by atoms with Crippen LogP contribution in [0.1, 0.15) is 54.0 Å². The second-order valence-corrected chi connectivity index (χ2v) is 7.15. The molecule has 0 bridgehead atoms. The summed E-state index contributed by atoms with van der Waals surface area (Å²) in [5, 5.41) is 3.67. The summed E-state index contributed by atoms with van der Waals surface area (Å²) in [5.74, 6) is 0.425. The van der Waals surface area contributed by atoms with Gasteiger partial charge in [0, 0.05) is 17.3 Å². The molecular formula is C25H29N. The number of benzene rings is 2. The second-order valence-electron chi connectivity index (χ2n) is 7.15. The molecule has 0 fully saturated rings. The molecule has 1 heteroatoms. The lowest BCUT2D eigenvalue weighted by molar-refractivity contribution is 0.791. The van der Waals surface area contributed by atoms with E-state index in [2.05, 4.69) is 88.1 Å². The van der Waals surface area contributed by atoms with Crippen LogP contribution in [0.2, 0.25) is 0 Å². The van der Waals surface area contributed by atoms with Crippen LogP contribution in [0.5, 0.6) is 0 Å². The maximum atomic E-state index is 3.94. The van der Waals surface area contributed by atoms with Crippen molar-refractivity contribution in [3.8, 4) is 0 Å². The molecule has 0 spiro atoms. The number of hydrogen-bond acceptors (Lipinski definition) is 1. The molecule has 1 nitrogen and oxygen atoms in total. The van der Waals surface area contributed by atoms with E-state index in [9.17, 15) is 0 Å². The van der Waals surface area contributed by atoms with Crippen LogP contribution in [0.3, 0.4) is 0 Å². The van der Waals surface area contributed by atoms with Gasteiger partial charge >= 0.3 is 0 Å². The van der Waals surface area contributed by atoms with Gasteiger partial charge in [0.15, 0.2) is 0 Å². The van der Waals surface area contributed by atoms with Gasteiger partial charge in [0.1, 0.15) is 0 Å². The van der Waals surface area contributed by atoms with E-state index in [0.717, 1.165) is 12.8 Å². The monoisotopic (exact) mass is 343 g/mol. The van der Waals surface area contributed by atoms with E-state index in [-0.39, 0.29) is 0 Å².